The van der Waals surface area contributed by atoms with E-state index >= 15 is 0 Å². The van der Waals surface area contributed by atoms with Crippen LogP contribution in [-0.2, 0) is 32.1 Å². The quantitative estimate of drug-likeness (QED) is 0.0303. The molecule has 0 amide bonds. The minimum Gasteiger partial charge on any atom is -0.387 e. The van der Waals surface area contributed by atoms with Crippen LogP contribution in [0.1, 0.15) is 288 Å². The summed E-state index contributed by atoms with van der Waals surface area (Å²) in [6.07, 6.45) is 31.1. The molecule has 0 radical (unpaired) electrons. The van der Waals surface area contributed by atoms with E-state index in [2.05, 4.69) is 164 Å². The molecule has 0 saturated heterocycles. The molecule has 0 aliphatic rings. The van der Waals surface area contributed by atoms with E-state index in [4.69, 9.17) is 122 Å². The number of rotatable bonds is 34. The monoisotopic (exact) mass is 1440 g/mol. The highest BCUT2D eigenvalue weighted by Crippen LogP contribution is 2.36. The summed E-state index contributed by atoms with van der Waals surface area (Å²) in [4.78, 5) is 6.67. The molecule has 5 aromatic rings. The van der Waals surface area contributed by atoms with Crippen LogP contribution in [0.25, 0.3) is 0 Å². The smallest absolute Gasteiger partial charge is 0.0798 e. The van der Waals surface area contributed by atoms with Crippen LogP contribution in [0.2, 0.25) is 0 Å². The summed E-state index contributed by atoms with van der Waals surface area (Å²) in [5.41, 5.74) is 14.8. The molecular weight excluding hydrogens is 1320 g/mol. The van der Waals surface area contributed by atoms with Crippen LogP contribution in [-0.4, -0.2) is 54.4 Å². The van der Waals surface area contributed by atoms with Gasteiger partial charge >= 0.3 is 0 Å². The summed E-state index contributed by atoms with van der Waals surface area (Å²) in [5.74, 6) is 0. The number of nitrogens with zero attached hydrogens (tertiary/aromatic N) is 3. The molecule has 0 spiro atoms. The van der Waals surface area contributed by atoms with Gasteiger partial charge in [-0.1, -0.05) is 290 Å². The van der Waals surface area contributed by atoms with Gasteiger partial charge in [-0.25, -0.2) is 0 Å². The first-order valence-corrected chi connectivity index (χ1v) is 39.3. The summed E-state index contributed by atoms with van der Waals surface area (Å²) >= 11 is 53.3. The summed E-state index contributed by atoms with van der Waals surface area (Å²) in [7, 11) is 8.11. The second-order valence-electron chi connectivity index (χ2n) is 31.9. The summed E-state index contributed by atoms with van der Waals surface area (Å²) in [6, 6.07) is 0. The largest absolute Gasteiger partial charge is 0.387 e. The third-order valence-electron chi connectivity index (χ3n) is 17.2. The summed E-state index contributed by atoms with van der Waals surface area (Å²) in [5, 5.41) is 6.48. The van der Waals surface area contributed by atoms with Crippen LogP contribution in [0, 0.1) is 72.2 Å². The molecule has 0 aliphatic carbocycles. The maximum Gasteiger partial charge on any atom is 0.0798 e. The average molecular weight is 1450 g/mol. The van der Waals surface area contributed by atoms with Crippen molar-refractivity contribution in [1.29, 1.82) is 0 Å². The SMILES string of the molecule is CCN(C)c1c(CCCCCC(C)(C)C)c(=S)c1=S.CCN(CC)c1c(CCCCCC(C)(C)C)c(=S)c1=S.CCNc1c(CCCCCC(C)(C)C)c(=S)c1=S.CN(C)c1c(CCCCCC(C)(C)C)c(=S)c1=S.CNc1c(CCCCCC(C)(C)C)c(=S)c1=S. The molecule has 92 heavy (non-hydrogen) atoms. The van der Waals surface area contributed by atoms with Crippen LogP contribution in [0.15, 0.2) is 0 Å². The van der Waals surface area contributed by atoms with Crippen molar-refractivity contribution in [3.8, 4) is 0 Å². The van der Waals surface area contributed by atoms with Crippen LogP contribution in [0.3, 0.4) is 0 Å². The average Bonchev–Trinajstić information content (AvgIpc) is 0.819. The fourth-order valence-corrected chi connectivity index (χ4v) is 14.9. The first-order valence-electron chi connectivity index (χ1n) is 35.2. The summed E-state index contributed by atoms with van der Waals surface area (Å²) < 4.78 is 9.13. The van der Waals surface area contributed by atoms with Gasteiger partial charge in [0, 0.05) is 54.4 Å². The van der Waals surface area contributed by atoms with Crippen molar-refractivity contribution in [2.24, 2.45) is 27.1 Å². The van der Waals surface area contributed by atoms with Crippen molar-refractivity contribution in [2.75, 3.05) is 79.7 Å². The minimum absolute atomic E-state index is 0.457. The first kappa shape index (κ1) is 88.6. The van der Waals surface area contributed by atoms with Gasteiger partial charge in [-0.05, 0) is 179 Å². The molecule has 0 aliphatic heterocycles. The highest BCUT2D eigenvalue weighted by atomic mass is 32.1. The second kappa shape index (κ2) is 42.5. The van der Waals surface area contributed by atoms with E-state index in [9.17, 15) is 0 Å². The van der Waals surface area contributed by atoms with E-state index in [-0.39, 0.29) is 0 Å². The molecule has 0 heterocycles. The normalized spacial score (nSPS) is 12.0. The number of nitrogens with one attached hydrogen (secondary N) is 2. The third kappa shape index (κ3) is 31.6. The molecule has 0 fully saturated rings. The molecular formula is C77H129N5S10. The fourth-order valence-electron chi connectivity index (χ4n) is 11.5. The zero-order chi connectivity index (χ0) is 70.7. The number of hydrogen-bond acceptors (Lipinski definition) is 15. The standard InChI is InChI=1S/C17H29NS2.C16H27NS2.2C15H25NS2.C14H23NS2/c1-6-18(7-2)14-13(15(19)16(14)20)11-9-8-10-12-17(3,4)5;1-6-17(5)13-12(14(18)15(13)19)10-8-7-9-11-16(2,3)4;1-15(2,3)10-8-6-7-9-11-12(16(4)5)14(18)13(11)17;1-5-16-12-11(13(17)14(12)18)9-7-6-8-10-15(2,3)4;1-14(2,3)9-7-5-6-8-10-11(15-4)13(17)12(10)16/h6-12H2,1-5H3;6-11H2,1-5H3;6-10H2,1-5H3;16H,5-10H2,1-4H3;15H,5-9H2,1-4H3. The van der Waals surface area contributed by atoms with E-state index in [1.165, 1.54) is 173 Å². The number of anilines is 5. The van der Waals surface area contributed by atoms with Gasteiger partial charge in [0.15, 0.2) is 0 Å². The Bertz CT molecular complexity index is 3330. The number of unbranched alkanes of at least 4 members (excludes halogenated alkanes) is 10. The summed E-state index contributed by atoms with van der Waals surface area (Å²) in [6.45, 7) is 47.1. The molecule has 2 N–H and O–H groups in total. The first-order chi connectivity index (χ1) is 42.6. The molecule has 0 unspecified atom stereocenters. The Morgan fingerprint density at radius 2 is 0.554 bits per heavy atom. The van der Waals surface area contributed by atoms with Gasteiger partial charge in [0.05, 0.1) is 73.5 Å². The van der Waals surface area contributed by atoms with Crippen LogP contribution in [0.4, 0.5) is 28.4 Å². The van der Waals surface area contributed by atoms with Crippen molar-refractivity contribution in [2.45, 2.75) is 292 Å². The van der Waals surface area contributed by atoms with Crippen LogP contribution in [0.5, 0.6) is 0 Å². The zero-order valence-corrected chi connectivity index (χ0v) is 70.6. The van der Waals surface area contributed by atoms with Crippen molar-refractivity contribution in [3.63, 3.8) is 0 Å². The second-order valence-corrected chi connectivity index (χ2v) is 36.0. The molecule has 5 aromatic carbocycles. The van der Waals surface area contributed by atoms with Crippen molar-refractivity contribution >= 4 is 151 Å². The van der Waals surface area contributed by atoms with E-state index in [1.807, 2.05) is 21.1 Å². The molecule has 0 atom stereocenters. The highest BCUT2D eigenvalue weighted by Gasteiger charge is 2.22. The Kier molecular flexibility index (Phi) is 41.0. The van der Waals surface area contributed by atoms with Crippen LogP contribution < -0.4 is 25.3 Å². The molecule has 0 bridgehead atoms. The Morgan fingerprint density at radius 3 is 0.837 bits per heavy atom. The third-order valence-corrected chi connectivity index (χ3v) is 22.1. The highest BCUT2D eigenvalue weighted by molar-refractivity contribution is 7.75. The van der Waals surface area contributed by atoms with Crippen molar-refractivity contribution in [1.82, 2.24) is 0 Å². The lowest BCUT2D eigenvalue weighted by atomic mass is 9.89. The van der Waals surface area contributed by atoms with Gasteiger partial charge in [-0.3, -0.25) is 0 Å². The molecule has 5 nitrogen and oxygen atoms in total. The van der Waals surface area contributed by atoms with Crippen molar-refractivity contribution in [3.05, 3.63) is 72.9 Å². The Labute approximate surface area is 616 Å². The minimum atomic E-state index is 0.457. The van der Waals surface area contributed by atoms with Gasteiger partial charge in [-0.2, -0.15) is 0 Å². The Balaban J connectivity index is 0.000000576. The molecule has 0 saturated carbocycles. The Hall–Kier alpha value is -1.40. The van der Waals surface area contributed by atoms with Gasteiger partial charge in [-0.15, -0.1) is 0 Å². The predicted octanol–water partition coefficient (Wildman–Crippen LogP) is 27.7. The lowest BCUT2D eigenvalue weighted by Crippen LogP contribution is -2.25. The lowest BCUT2D eigenvalue weighted by Gasteiger charge is -2.27. The van der Waals surface area contributed by atoms with E-state index in [1.54, 1.807) is 0 Å². The van der Waals surface area contributed by atoms with E-state index in [0.717, 1.165) is 115 Å². The molecule has 522 valence electrons. The van der Waals surface area contributed by atoms with Gasteiger partial charge < -0.3 is 25.3 Å². The zero-order valence-electron chi connectivity index (χ0n) is 62.4. The maximum absolute atomic E-state index is 5.43. The number of hydrogen-bond donors (Lipinski definition) is 2. The van der Waals surface area contributed by atoms with Gasteiger partial charge in [0.25, 0.3) is 0 Å². The van der Waals surface area contributed by atoms with Gasteiger partial charge in [0.1, 0.15) is 0 Å². The predicted molar refractivity (Wildman–Crippen MR) is 441 cm³/mol. The fraction of sp³-hybridized carbons (Fsp3) is 0.740. The topological polar surface area (TPSA) is 33.8 Å². The van der Waals surface area contributed by atoms with Crippen molar-refractivity contribution < 1.29 is 0 Å². The molecule has 15 heteroatoms. The van der Waals surface area contributed by atoms with E-state index in [0.29, 0.717) is 27.1 Å². The van der Waals surface area contributed by atoms with Gasteiger partial charge in [0.2, 0.25) is 0 Å². The maximum atomic E-state index is 5.43. The Morgan fingerprint density at radius 1 is 0.293 bits per heavy atom. The molecule has 5 rings (SSSR count). The lowest BCUT2D eigenvalue weighted by molar-refractivity contribution is 0.358. The van der Waals surface area contributed by atoms with E-state index < -0.39 is 0 Å². The molecule has 0 aromatic heterocycles. The van der Waals surface area contributed by atoms with Crippen LogP contribution >= 0.6 is 122 Å².